The van der Waals surface area contributed by atoms with Gasteiger partial charge in [-0.3, -0.25) is 4.79 Å². The first-order valence-corrected chi connectivity index (χ1v) is 11.3. The monoisotopic (exact) mass is 461 g/mol. The maximum absolute atomic E-state index is 13.2. The highest BCUT2D eigenvalue weighted by Gasteiger charge is 2.40. The normalized spacial score (nSPS) is 19.4. The number of amides is 1. The molecule has 2 aliphatic heterocycles. The highest BCUT2D eigenvalue weighted by molar-refractivity contribution is 5.84. The number of nitrogens with zero attached hydrogens (tertiary/aromatic N) is 4. The van der Waals surface area contributed by atoms with Crippen molar-refractivity contribution in [3.63, 3.8) is 0 Å². The van der Waals surface area contributed by atoms with Gasteiger partial charge in [0.2, 0.25) is 11.7 Å². The first-order chi connectivity index (χ1) is 16.6. The average Bonchev–Trinajstić information content (AvgIpc) is 3.53. The Hall–Kier alpha value is -3.85. The largest absolute Gasteiger partial charge is 0.493 e. The molecule has 2 unspecified atom stereocenters. The Bertz CT molecular complexity index is 1210. The van der Waals surface area contributed by atoms with Crippen LogP contribution in [-0.2, 0) is 17.8 Å². The highest BCUT2D eigenvalue weighted by Crippen LogP contribution is 2.33. The fourth-order valence-corrected chi connectivity index (χ4v) is 4.33. The topological polar surface area (TPSA) is 93.0 Å². The van der Waals surface area contributed by atoms with E-state index < -0.39 is 0 Å². The number of fused-ring (bicyclic) bond motifs is 1. The molecule has 0 spiro atoms. The minimum Gasteiger partial charge on any atom is -0.493 e. The van der Waals surface area contributed by atoms with Gasteiger partial charge in [-0.2, -0.15) is 4.98 Å². The van der Waals surface area contributed by atoms with E-state index in [2.05, 4.69) is 46.8 Å². The number of hydrogen-bond acceptors (Lipinski definition) is 8. The van der Waals surface area contributed by atoms with Crippen LogP contribution in [0, 0.1) is 0 Å². The summed E-state index contributed by atoms with van der Waals surface area (Å²) in [6.45, 7) is 2.34. The summed E-state index contributed by atoms with van der Waals surface area (Å²) in [5, 5.41) is 5.96. The highest BCUT2D eigenvalue weighted by atomic mass is 16.5. The minimum atomic E-state index is -0.283. The van der Waals surface area contributed by atoms with Gasteiger partial charge >= 0.3 is 0 Å². The van der Waals surface area contributed by atoms with E-state index in [4.69, 9.17) is 14.0 Å². The lowest BCUT2D eigenvalue weighted by atomic mass is 9.99. The Morgan fingerprint density at radius 2 is 1.88 bits per heavy atom. The predicted molar refractivity (Wildman–Crippen MR) is 124 cm³/mol. The third-order valence-corrected chi connectivity index (χ3v) is 6.28. The van der Waals surface area contributed by atoms with E-state index in [1.807, 2.05) is 17.3 Å². The molecule has 3 aromatic rings. The number of hydrogen-bond donors (Lipinski definition) is 1. The molecule has 5 rings (SSSR count). The number of carbonyl (C=O) groups excluding carboxylic acids is 1. The molecule has 176 valence electrons. The quantitative estimate of drug-likeness (QED) is 0.572. The second kappa shape index (κ2) is 9.18. The third-order valence-electron chi connectivity index (χ3n) is 6.28. The number of aromatic nitrogens is 2. The lowest BCUT2D eigenvalue weighted by molar-refractivity contribution is -0.135. The van der Waals surface area contributed by atoms with Crippen LogP contribution in [0.1, 0.15) is 36.4 Å². The summed E-state index contributed by atoms with van der Waals surface area (Å²) >= 11 is 0. The molecule has 0 bridgehead atoms. The summed E-state index contributed by atoms with van der Waals surface area (Å²) < 4.78 is 16.1. The summed E-state index contributed by atoms with van der Waals surface area (Å²) in [7, 11) is 3.15. The van der Waals surface area contributed by atoms with Crippen LogP contribution in [0.5, 0.6) is 11.5 Å². The SMILES string of the molecule is CCc1ccc(C2CC3C(=O)N(Cc4nc(-c5ccc(OC)c(OC)c5)no4)C=CN3N2)cc1. The molecule has 1 aromatic heterocycles. The molecule has 9 nitrogen and oxygen atoms in total. The van der Waals surface area contributed by atoms with E-state index >= 15 is 0 Å². The molecule has 1 saturated heterocycles. The molecule has 1 amide bonds. The molecule has 2 aliphatic rings. The van der Waals surface area contributed by atoms with E-state index in [1.54, 1.807) is 37.5 Å². The summed E-state index contributed by atoms with van der Waals surface area (Å²) in [5.41, 5.74) is 6.64. The van der Waals surface area contributed by atoms with Gasteiger partial charge in [-0.05, 0) is 42.2 Å². The molecule has 2 atom stereocenters. The molecule has 1 N–H and O–H groups in total. The molecule has 9 heteroatoms. The second-order valence-corrected chi connectivity index (χ2v) is 8.28. The van der Waals surface area contributed by atoms with E-state index in [0.717, 1.165) is 12.0 Å². The van der Waals surface area contributed by atoms with Crippen LogP contribution in [0.15, 0.2) is 59.4 Å². The van der Waals surface area contributed by atoms with Crippen molar-refractivity contribution in [3.05, 3.63) is 71.9 Å². The van der Waals surface area contributed by atoms with Crippen LogP contribution < -0.4 is 14.9 Å². The van der Waals surface area contributed by atoms with Gasteiger partial charge in [0, 0.05) is 18.0 Å². The smallest absolute Gasteiger partial charge is 0.251 e. The number of aryl methyl sites for hydroxylation is 1. The van der Waals surface area contributed by atoms with Gasteiger partial charge in [-0.1, -0.05) is 36.3 Å². The Balaban J connectivity index is 1.27. The van der Waals surface area contributed by atoms with Gasteiger partial charge in [-0.15, -0.1) is 0 Å². The van der Waals surface area contributed by atoms with Crippen molar-refractivity contribution in [2.45, 2.75) is 38.4 Å². The molecule has 3 heterocycles. The number of benzene rings is 2. The van der Waals surface area contributed by atoms with Crippen molar-refractivity contribution >= 4 is 5.91 Å². The third kappa shape index (κ3) is 4.10. The standard InChI is InChI=1S/C25H27N5O4/c1-4-16-5-7-17(8-6-16)19-14-20-25(31)29(11-12-30(20)27-19)15-23-26-24(28-34-23)18-9-10-21(32-2)22(13-18)33-3/h5-13,19-20,27H,4,14-15H2,1-3H3. The van der Waals surface area contributed by atoms with E-state index in [-0.39, 0.29) is 24.5 Å². The van der Waals surface area contributed by atoms with Crippen LogP contribution >= 0.6 is 0 Å². The van der Waals surface area contributed by atoms with Crippen LogP contribution in [0.2, 0.25) is 0 Å². The van der Waals surface area contributed by atoms with Crippen molar-refractivity contribution in [3.8, 4) is 22.9 Å². The molecule has 0 aliphatic carbocycles. The Kier molecular flexibility index (Phi) is 5.93. The fraction of sp³-hybridized carbons (Fsp3) is 0.320. The number of nitrogens with one attached hydrogen (secondary N) is 1. The van der Waals surface area contributed by atoms with Crippen molar-refractivity contribution < 1.29 is 18.8 Å². The predicted octanol–water partition coefficient (Wildman–Crippen LogP) is 3.45. The zero-order chi connectivity index (χ0) is 23.7. The van der Waals surface area contributed by atoms with Gasteiger partial charge in [-0.25, -0.2) is 5.43 Å². The van der Waals surface area contributed by atoms with E-state index in [1.165, 1.54) is 11.1 Å². The van der Waals surface area contributed by atoms with Crippen LogP contribution in [-0.4, -0.2) is 46.2 Å². The van der Waals surface area contributed by atoms with Gasteiger partial charge in [0.1, 0.15) is 12.6 Å². The summed E-state index contributed by atoms with van der Waals surface area (Å²) in [6.07, 6.45) is 5.32. The van der Waals surface area contributed by atoms with Gasteiger partial charge < -0.3 is 23.9 Å². The lowest BCUT2D eigenvalue weighted by Crippen LogP contribution is -2.47. The van der Waals surface area contributed by atoms with Crippen molar-refractivity contribution in [2.24, 2.45) is 0 Å². The molecule has 1 fully saturated rings. The van der Waals surface area contributed by atoms with E-state index in [0.29, 0.717) is 29.6 Å². The maximum Gasteiger partial charge on any atom is 0.251 e. The number of carbonyl (C=O) groups is 1. The first-order valence-electron chi connectivity index (χ1n) is 11.3. The number of hydrazine groups is 1. The molecular formula is C25H27N5O4. The van der Waals surface area contributed by atoms with Gasteiger partial charge in [0.05, 0.1) is 20.3 Å². The van der Waals surface area contributed by atoms with Crippen LogP contribution in [0.3, 0.4) is 0 Å². The Morgan fingerprint density at radius 3 is 2.62 bits per heavy atom. The van der Waals surface area contributed by atoms with E-state index in [9.17, 15) is 4.79 Å². The number of methoxy groups -OCH3 is 2. The van der Waals surface area contributed by atoms with Crippen molar-refractivity contribution in [2.75, 3.05) is 14.2 Å². The van der Waals surface area contributed by atoms with Crippen molar-refractivity contribution in [1.29, 1.82) is 0 Å². The molecule has 2 aromatic carbocycles. The number of rotatable bonds is 7. The summed E-state index contributed by atoms with van der Waals surface area (Å²) in [6, 6.07) is 13.8. The Morgan fingerprint density at radius 1 is 1.09 bits per heavy atom. The zero-order valence-electron chi connectivity index (χ0n) is 19.4. The molecule has 0 radical (unpaired) electrons. The number of ether oxygens (including phenoxy) is 2. The van der Waals surface area contributed by atoms with Crippen LogP contribution in [0.4, 0.5) is 0 Å². The zero-order valence-corrected chi connectivity index (χ0v) is 19.4. The average molecular weight is 462 g/mol. The Labute approximate surface area is 197 Å². The molecule has 34 heavy (non-hydrogen) atoms. The van der Waals surface area contributed by atoms with Gasteiger partial charge in [0.15, 0.2) is 11.5 Å². The van der Waals surface area contributed by atoms with Gasteiger partial charge in [0.25, 0.3) is 5.91 Å². The lowest BCUT2D eigenvalue weighted by Gasteiger charge is -2.30. The van der Waals surface area contributed by atoms with Crippen molar-refractivity contribution in [1.82, 2.24) is 25.5 Å². The molecular weight excluding hydrogens is 434 g/mol. The molecule has 0 saturated carbocycles. The van der Waals surface area contributed by atoms with Crippen LogP contribution in [0.25, 0.3) is 11.4 Å². The fourth-order valence-electron chi connectivity index (χ4n) is 4.33. The second-order valence-electron chi connectivity index (χ2n) is 8.28. The summed E-state index contributed by atoms with van der Waals surface area (Å²) in [4.78, 5) is 19.3. The minimum absolute atomic E-state index is 0.00598. The summed E-state index contributed by atoms with van der Waals surface area (Å²) in [5.74, 6) is 1.97. The maximum atomic E-state index is 13.2. The first kappa shape index (κ1) is 22.0.